The molecule has 0 radical (unpaired) electrons. The molecule has 0 bridgehead atoms. The van der Waals surface area contributed by atoms with Crippen LogP contribution in [0.1, 0.15) is 41.5 Å². The molecule has 0 aliphatic rings. The van der Waals surface area contributed by atoms with Crippen LogP contribution in [0.15, 0.2) is 11.6 Å². The van der Waals surface area contributed by atoms with Crippen LogP contribution in [0.2, 0.25) is 0 Å². The van der Waals surface area contributed by atoms with Gasteiger partial charge in [-0.1, -0.05) is 40.7 Å². The van der Waals surface area contributed by atoms with Crippen molar-refractivity contribution in [2.24, 2.45) is 17.1 Å². The second-order valence-corrected chi connectivity index (χ2v) is 6.68. The molecule has 0 saturated heterocycles. The summed E-state index contributed by atoms with van der Waals surface area (Å²) in [6.45, 7) is 11.1. The summed E-state index contributed by atoms with van der Waals surface area (Å²) in [4.78, 5) is 24.9. The van der Waals surface area contributed by atoms with Crippen LogP contribution in [-0.4, -0.2) is 41.0 Å². The number of nitrogens with zero attached hydrogens (tertiary/aromatic N) is 1. The number of hydrogen-bond donors (Lipinski definition) is 2. The fourth-order valence-corrected chi connectivity index (χ4v) is 1.82. The molecule has 0 saturated carbocycles. The Kier molecular flexibility index (Phi) is 6.41. The Labute approximate surface area is 121 Å². The summed E-state index contributed by atoms with van der Waals surface area (Å²) < 4.78 is 0. The Morgan fingerprint density at radius 1 is 1.25 bits per heavy atom. The van der Waals surface area contributed by atoms with Crippen molar-refractivity contribution in [3.05, 3.63) is 11.6 Å². The van der Waals surface area contributed by atoms with Gasteiger partial charge in [0.25, 0.3) is 0 Å². The van der Waals surface area contributed by atoms with Crippen LogP contribution >= 0.6 is 0 Å². The lowest BCUT2D eigenvalue weighted by Crippen LogP contribution is -2.52. The quantitative estimate of drug-likeness (QED) is 0.755. The van der Waals surface area contributed by atoms with Crippen molar-refractivity contribution in [1.82, 2.24) is 4.90 Å². The van der Waals surface area contributed by atoms with E-state index < -0.39 is 12.0 Å². The molecule has 0 aliphatic carbocycles. The van der Waals surface area contributed by atoms with Crippen LogP contribution in [0.5, 0.6) is 0 Å². The molecular formula is C15H28N2O3. The van der Waals surface area contributed by atoms with E-state index in [-0.39, 0.29) is 28.9 Å². The first kappa shape index (κ1) is 18.6. The van der Waals surface area contributed by atoms with Crippen molar-refractivity contribution in [1.29, 1.82) is 0 Å². The number of carbonyl (C=O) groups is 2. The zero-order valence-electron chi connectivity index (χ0n) is 13.6. The van der Waals surface area contributed by atoms with Gasteiger partial charge in [0.05, 0.1) is 12.1 Å². The minimum atomic E-state index is -0.975. The summed E-state index contributed by atoms with van der Waals surface area (Å²) in [6.07, 6.45) is 1.61. The first-order valence-electron chi connectivity index (χ1n) is 6.83. The van der Waals surface area contributed by atoms with E-state index in [0.29, 0.717) is 0 Å². The molecule has 0 spiro atoms. The highest BCUT2D eigenvalue weighted by Gasteiger charge is 2.32. The third-order valence-corrected chi connectivity index (χ3v) is 3.44. The third-order valence-electron chi connectivity index (χ3n) is 3.44. The second-order valence-electron chi connectivity index (χ2n) is 6.68. The molecule has 0 rings (SSSR count). The third kappa shape index (κ3) is 4.96. The Bertz CT molecular complexity index is 394. The molecule has 5 heteroatoms. The Hall–Kier alpha value is -1.36. The number of amides is 1. The van der Waals surface area contributed by atoms with E-state index in [0.717, 1.165) is 0 Å². The highest BCUT2D eigenvalue weighted by molar-refractivity contribution is 5.86. The fourth-order valence-electron chi connectivity index (χ4n) is 1.82. The van der Waals surface area contributed by atoms with Gasteiger partial charge in [-0.15, -0.1) is 0 Å². The lowest BCUT2D eigenvalue weighted by Gasteiger charge is -2.35. The maximum absolute atomic E-state index is 12.4. The molecule has 116 valence electrons. The summed E-state index contributed by atoms with van der Waals surface area (Å²) in [5.41, 5.74) is 5.89. The Morgan fingerprint density at radius 3 is 2.00 bits per heavy atom. The number of carboxylic acids is 1. The van der Waals surface area contributed by atoms with Gasteiger partial charge in [0.15, 0.2) is 0 Å². The van der Waals surface area contributed by atoms with Gasteiger partial charge < -0.3 is 15.7 Å². The fraction of sp³-hybridized carbons (Fsp3) is 0.733. The first-order chi connectivity index (χ1) is 8.89. The molecule has 5 nitrogen and oxygen atoms in total. The van der Waals surface area contributed by atoms with Crippen molar-refractivity contribution < 1.29 is 14.7 Å². The van der Waals surface area contributed by atoms with Gasteiger partial charge in [-0.2, -0.15) is 0 Å². The maximum Gasteiger partial charge on any atom is 0.331 e. The Morgan fingerprint density at radius 2 is 1.70 bits per heavy atom. The summed E-state index contributed by atoms with van der Waals surface area (Å²) in [5, 5.41) is 8.98. The van der Waals surface area contributed by atoms with Crippen LogP contribution in [0, 0.1) is 11.3 Å². The van der Waals surface area contributed by atoms with E-state index >= 15 is 0 Å². The number of likely N-dealkylation sites (N-methyl/N-ethyl adjacent to an activating group) is 1. The molecule has 3 N–H and O–H groups in total. The molecule has 0 aromatic heterocycles. The minimum absolute atomic E-state index is 0.102. The topological polar surface area (TPSA) is 83.6 Å². The number of hydrogen-bond acceptors (Lipinski definition) is 3. The normalized spacial score (nSPS) is 15.9. The van der Waals surface area contributed by atoms with Gasteiger partial charge in [0.2, 0.25) is 5.91 Å². The molecular weight excluding hydrogens is 256 g/mol. The molecule has 2 unspecified atom stereocenters. The van der Waals surface area contributed by atoms with Crippen LogP contribution in [0.4, 0.5) is 0 Å². The maximum atomic E-state index is 12.4. The van der Waals surface area contributed by atoms with Crippen molar-refractivity contribution in [2.45, 2.75) is 53.6 Å². The average molecular weight is 284 g/mol. The minimum Gasteiger partial charge on any atom is -0.478 e. The molecule has 1 amide bonds. The predicted molar refractivity (Wildman–Crippen MR) is 80.2 cm³/mol. The van der Waals surface area contributed by atoms with Gasteiger partial charge in [0, 0.05) is 12.6 Å². The number of aliphatic carboxylic acids is 1. The molecule has 0 aromatic rings. The lowest BCUT2D eigenvalue weighted by molar-refractivity contribution is -0.136. The van der Waals surface area contributed by atoms with Crippen molar-refractivity contribution >= 4 is 11.9 Å². The van der Waals surface area contributed by atoms with Crippen LogP contribution < -0.4 is 5.73 Å². The highest BCUT2D eigenvalue weighted by Crippen LogP contribution is 2.21. The second kappa shape index (κ2) is 6.88. The van der Waals surface area contributed by atoms with Crippen LogP contribution in [-0.2, 0) is 9.59 Å². The predicted octanol–water partition coefficient (Wildman–Crippen LogP) is 1.87. The van der Waals surface area contributed by atoms with Crippen molar-refractivity contribution in [3.8, 4) is 0 Å². The highest BCUT2D eigenvalue weighted by atomic mass is 16.4. The zero-order valence-corrected chi connectivity index (χ0v) is 13.6. The van der Waals surface area contributed by atoms with Gasteiger partial charge in [-0.3, -0.25) is 4.79 Å². The summed E-state index contributed by atoms with van der Waals surface area (Å²) in [5.74, 6) is -1.05. The van der Waals surface area contributed by atoms with Gasteiger partial charge in [0.1, 0.15) is 0 Å². The van der Waals surface area contributed by atoms with E-state index in [9.17, 15) is 9.59 Å². The van der Waals surface area contributed by atoms with Crippen molar-refractivity contribution in [3.63, 3.8) is 0 Å². The van der Waals surface area contributed by atoms with Crippen LogP contribution in [0.25, 0.3) is 0 Å². The van der Waals surface area contributed by atoms with Gasteiger partial charge in [-0.25, -0.2) is 4.79 Å². The smallest absolute Gasteiger partial charge is 0.331 e. The number of rotatable bonds is 5. The SMILES string of the molecule is C/C(=C\C(C(C)C)N(C)C(=O)C(N)C(C)(C)C)C(=O)O. The van der Waals surface area contributed by atoms with Crippen LogP contribution in [0.3, 0.4) is 0 Å². The molecule has 0 aliphatic heterocycles. The summed E-state index contributed by atoms with van der Waals surface area (Å²) in [6, 6.07) is -0.903. The van der Waals surface area contributed by atoms with E-state index in [1.807, 2.05) is 34.6 Å². The van der Waals surface area contributed by atoms with E-state index in [4.69, 9.17) is 10.8 Å². The molecule has 0 fully saturated rings. The standard InChI is InChI=1S/C15H28N2O3/c1-9(2)11(8-10(3)14(19)20)17(7)13(18)12(16)15(4,5)6/h8-9,11-12H,16H2,1-7H3,(H,19,20)/b10-8+. The number of nitrogens with two attached hydrogens (primary N) is 1. The van der Waals surface area contributed by atoms with Gasteiger partial charge >= 0.3 is 5.97 Å². The van der Waals surface area contributed by atoms with Crippen molar-refractivity contribution in [2.75, 3.05) is 7.05 Å². The number of carbonyl (C=O) groups excluding carboxylic acids is 1. The molecule has 0 heterocycles. The molecule has 20 heavy (non-hydrogen) atoms. The van der Waals surface area contributed by atoms with E-state index in [1.165, 1.54) is 6.92 Å². The lowest BCUT2D eigenvalue weighted by atomic mass is 9.86. The largest absolute Gasteiger partial charge is 0.478 e. The van der Waals surface area contributed by atoms with Gasteiger partial charge in [-0.05, 0) is 18.3 Å². The zero-order chi connectivity index (χ0) is 16.2. The van der Waals surface area contributed by atoms with E-state index in [2.05, 4.69) is 0 Å². The summed E-state index contributed by atoms with van der Waals surface area (Å²) >= 11 is 0. The monoisotopic (exact) mass is 284 g/mol. The van der Waals surface area contributed by atoms with E-state index in [1.54, 1.807) is 18.0 Å². The first-order valence-corrected chi connectivity index (χ1v) is 6.83. The molecule has 2 atom stereocenters. The summed E-state index contributed by atoms with van der Waals surface area (Å²) in [7, 11) is 1.67. The Balaban J connectivity index is 5.28. The average Bonchev–Trinajstić information content (AvgIpc) is 2.31. The number of carboxylic acid groups (broad SMARTS) is 1. The molecule has 0 aromatic carbocycles.